The molecule has 64 heavy (non-hydrogen) atoms. The normalized spacial score (nSPS) is 21.5. The first kappa shape index (κ1) is 41.6. The minimum absolute atomic E-state index is 0.0312. The van der Waals surface area contributed by atoms with E-state index in [0.717, 1.165) is 18.5 Å². The van der Waals surface area contributed by atoms with Crippen LogP contribution in [0, 0.1) is 5.82 Å². The fourth-order valence-corrected chi connectivity index (χ4v) is 16.0. The van der Waals surface area contributed by atoms with Gasteiger partial charge >= 0.3 is 0 Å². The first-order chi connectivity index (χ1) is 30.0. The zero-order valence-electron chi connectivity index (χ0n) is 40.5. The van der Waals surface area contributed by atoms with Crippen molar-refractivity contribution in [2.24, 2.45) is 0 Å². The van der Waals surface area contributed by atoms with Gasteiger partial charge in [-0.2, -0.15) is 0 Å². The molecule has 6 aromatic rings. The molecule has 5 aliphatic rings. The van der Waals surface area contributed by atoms with Gasteiger partial charge in [0.2, 0.25) is 0 Å². The van der Waals surface area contributed by atoms with Crippen molar-refractivity contribution in [3.05, 3.63) is 137 Å². The Morgan fingerprint density at radius 3 is 1.59 bits per heavy atom. The summed E-state index contributed by atoms with van der Waals surface area (Å²) in [6.07, 6.45) is 4.72. The van der Waals surface area contributed by atoms with Gasteiger partial charge in [-0.05, 0) is 141 Å². The van der Waals surface area contributed by atoms with Crippen molar-refractivity contribution in [3.63, 3.8) is 0 Å². The third-order valence-corrected chi connectivity index (χ3v) is 20.3. The molecule has 0 bridgehead atoms. The van der Waals surface area contributed by atoms with E-state index in [0.29, 0.717) is 0 Å². The van der Waals surface area contributed by atoms with Crippen LogP contribution in [-0.2, 0) is 21.7 Å². The lowest BCUT2D eigenvalue weighted by Crippen LogP contribution is -2.79. The largest absolute Gasteiger partial charge is 0.334 e. The zero-order chi connectivity index (χ0) is 45.3. The summed E-state index contributed by atoms with van der Waals surface area (Å²) >= 11 is 0. The molecule has 0 spiro atoms. The first-order valence-corrected chi connectivity index (χ1v) is 27.0. The highest BCUT2D eigenvalue weighted by Crippen LogP contribution is 2.62. The molecule has 6 aromatic carbocycles. The molecule has 2 unspecified atom stereocenters. The Hall–Kier alpha value is -5.07. The summed E-state index contributed by atoms with van der Waals surface area (Å²) in [5.74, 6) is -0.219. The van der Waals surface area contributed by atoms with Gasteiger partial charge in [-0.25, -0.2) is 4.39 Å². The van der Waals surface area contributed by atoms with E-state index in [9.17, 15) is 4.39 Å². The Bertz CT molecular complexity index is 2920. The average Bonchev–Trinajstić information content (AvgIpc) is 3.44. The molecule has 3 nitrogen and oxygen atoms in total. The van der Waals surface area contributed by atoms with E-state index in [-0.39, 0.29) is 39.7 Å². The molecule has 4 aliphatic heterocycles. The highest BCUT2D eigenvalue weighted by Gasteiger charge is 2.59. The number of hydrogen-bond acceptors (Lipinski definition) is 3. The summed E-state index contributed by atoms with van der Waals surface area (Å²) in [6.45, 7) is 31.4. The van der Waals surface area contributed by atoms with Gasteiger partial charge in [-0.3, -0.25) is 0 Å². The van der Waals surface area contributed by atoms with Crippen molar-refractivity contribution >= 4 is 87.0 Å². The van der Waals surface area contributed by atoms with E-state index in [2.05, 4.69) is 189 Å². The molecule has 0 radical (unpaired) electrons. The SMILES string of the molecule is CC(C)(C)c1cc(N2c3cc(N4c5ccc(C(C)(C)C)cc5C5(C)CCCCC45C)cc4c3B3c5c(cccc5[Si](C)(C)c5cccc2c53)N4c2ccc(F)cc2)cc(C(C)(C)C)c1. The van der Waals surface area contributed by atoms with E-state index in [4.69, 9.17) is 0 Å². The van der Waals surface area contributed by atoms with Crippen molar-refractivity contribution in [2.75, 3.05) is 14.7 Å². The van der Waals surface area contributed by atoms with Crippen LogP contribution in [0.25, 0.3) is 0 Å². The van der Waals surface area contributed by atoms with Crippen LogP contribution in [-0.4, -0.2) is 20.3 Å². The quantitative estimate of drug-likeness (QED) is 0.164. The molecule has 1 aliphatic carbocycles. The monoisotopic (exact) mass is 862 g/mol. The number of benzene rings is 6. The van der Waals surface area contributed by atoms with Gasteiger partial charge in [0.05, 0.1) is 5.54 Å². The van der Waals surface area contributed by atoms with E-state index < -0.39 is 8.07 Å². The Balaban J connectivity index is 1.29. The molecule has 1 fully saturated rings. The smallest absolute Gasteiger partial charge is 0.251 e. The maximum absolute atomic E-state index is 15.0. The van der Waals surface area contributed by atoms with Crippen molar-refractivity contribution in [1.29, 1.82) is 0 Å². The molecule has 2 atom stereocenters. The van der Waals surface area contributed by atoms with Gasteiger partial charge in [0.15, 0.2) is 0 Å². The molecule has 326 valence electrons. The Morgan fingerprint density at radius 2 is 1.05 bits per heavy atom. The predicted molar refractivity (Wildman–Crippen MR) is 276 cm³/mol. The van der Waals surface area contributed by atoms with Crippen LogP contribution in [0.3, 0.4) is 0 Å². The van der Waals surface area contributed by atoms with Crippen molar-refractivity contribution in [1.82, 2.24) is 0 Å². The van der Waals surface area contributed by atoms with Crippen molar-refractivity contribution < 1.29 is 4.39 Å². The number of halogens is 1. The van der Waals surface area contributed by atoms with Crippen LogP contribution in [0.5, 0.6) is 0 Å². The molecule has 6 heteroatoms. The van der Waals surface area contributed by atoms with E-state index in [1.807, 2.05) is 12.1 Å². The highest BCUT2D eigenvalue weighted by molar-refractivity contribution is 7.16. The third kappa shape index (κ3) is 5.63. The van der Waals surface area contributed by atoms with Crippen LogP contribution in [0.15, 0.2) is 109 Å². The maximum Gasteiger partial charge on any atom is 0.251 e. The lowest BCUT2D eigenvalue weighted by molar-refractivity contribution is 0.195. The molecular weight excluding hydrogens is 797 g/mol. The topological polar surface area (TPSA) is 9.72 Å². The number of fused-ring (bicyclic) bond motifs is 3. The second kappa shape index (κ2) is 13.3. The lowest BCUT2D eigenvalue weighted by Gasteiger charge is -2.52. The van der Waals surface area contributed by atoms with Gasteiger partial charge in [0, 0.05) is 50.9 Å². The summed E-state index contributed by atoms with van der Waals surface area (Å²) in [7, 11) is -2.21. The van der Waals surface area contributed by atoms with Gasteiger partial charge in [-0.1, -0.05) is 148 Å². The number of hydrogen-bond donors (Lipinski definition) is 0. The van der Waals surface area contributed by atoms with Gasteiger partial charge in [-0.15, -0.1) is 0 Å². The Kier molecular flexibility index (Phi) is 8.63. The third-order valence-electron chi connectivity index (χ3n) is 16.7. The highest BCUT2D eigenvalue weighted by atomic mass is 28.3. The second-order valence-electron chi connectivity index (χ2n) is 24.0. The molecule has 0 aromatic heterocycles. The minimum atomic E-state index is -2.21. The second-order valence-corrected chi connectivity index (χ2v) is 28.3. The standard InChI is InChI=1S/C58H65BFN3Si/c1-54(2,3)36-22-27-44-43(33-36)57(10)28-14-15-29-58(57,11)63(44)42-34-47-51-48(35-42)62(41-31-37(55(4,5)6)30-38(32-41)56(7,8)9)46-19-17-21-50-53(46)59(51)52-45(18-16-20-49(52)64(50,12)13)61(47)40-25-23-39(60)24-26-40/h16-27,30-35H,14-15,28-29H2,1-13H3. The van der Waals surface area contributed by atoms with Crippen LogP contribution in [0.2, 0.25) is 13.1 Å². The van der Waals surface area contributed by atoms with Crippen molar-refractivity contribution in [2.45, 2.75) is 142 Å². The van der Waals surface area contributed by atoms with E-state index in [1.54, 1.807) is 12.1 Å². The van der Waals surface area contributed by atoms with Gasteiger partial charge in [0.25, 0.3) is 6.71 Å². The van der Waals surface area contributed by atoms with Gasteiger partial charge in [0.1, 0.15) is 13.9 Å². The molecule has 0 amide bonds. The minimum Gasteiger partial charge on any atom is -0.334 e. The number of rotatable bonds is 3. The van der Waals surface area contributed by atoms with Crippen LogP contribution in [0.4, 0.5) is 49.9 Å². The molecular formula is C58H65BFN3Si. The first-order valence-electron chi connectivity index (χ1n) is 24.0. The fraction of sp³-hybridized carbons (Fsp3) is 0.379. The summed E-state index contributed by atoms with van der Waals surface area (Å²) < 4.78 is 15.0. The molecule has 0 saturated heterocycles. The Morgan fingerprint density at radius 1 is 0.516 bits per heavy atom. The number of nitrogens with zero attached hydrogens (tertiary/aromatic N) is 3. The van der Waals surface area contributed by atoms with E-state index in [1.165, 1.54) is 102 Å². The average molecular weight is 862 g/mol. The zero-order valence-corrected chi connectivity index (χ0v) is 41.5. The summed E-state index contributed by atoms with van der Waals surface area (Å²) in [5.41, 5.74) is 19.2. The predicted octanol–water partition coefficient (Wildman–Crippen LogP) is 12.7. The van der Waals surface area contributed by atoms with Crippen LogP contribution in [0.1, 0.15) is 124 Å². The maximum atomic E-state index is 15.0. The number of anilines is 8. The fourth-order valence-electron chi connectivity index (χ4n) is 12.8. The molecule has 1 saturated carbocycles. The summed E-state index contributed by atoms with van der Waals surface area (Å²) in [5, 5.41) is 3.02. The van der Waals surface area contributed by atoms with E-state index >= 15 is 0 Å². The molecule has 0 N–H and O–H groups in total. The van der Waals surface area contributed by atoms with Crippen molar-refractivity contribution in [3.8, 4) is 0 Å². The summed E-state index contributed by atoms with van der Waals surface area (Å²) in [6, 6.07) is 41.4. The molecule has 11 rings (SSSR count). The van der Waals surface area contributed by atoms with Gasteiger partial charge < -0.3 is 14.7 Å². The summed E-state index contributed by atoms with van der Waals surface area (Å²) in [4.78, 5) is 7.93. The van der Waals surface area contributed by atoms with Crippen LogP contribution >= 0.6 is 0 Å². The van der Waals surface area contributed by atoms with Crippen LogP contribution < -0.4 is 41.5 Å². The molecule has 4 heterocycles. The Labute approximate surface area is 383 Å². The lowest BCUT2D eigenvalue weighted by atomic mass is 9.33.